The zero-order valence-electron chi connectivity index (χ0n) is 18.1. The van der Waals surface area contributed by atoms with E-state index in [4.69, 9.17) is 4.74 Å². The van der Waals surface area contributed by atoms with Gasteiger partial charge in [-0.1, -0.05) is 96.8 Å². The largest absolute Gasteiger partial charge is 0.504 e. The molecule has 0 saturated carbocycles. The van der Waals surface area contributed by atoms with E-state index in [0.29, 0.717) is 6.42 Å². The zero-order valence-corrected chi connectivity index (χ0v) is 18.1. The summed E-state index contributed by atoms with van der Waals surface area (Å²) >= 11 is 0. The molecule has 0 aliphatic heterocycles. The van der Waals surface area contributed by atoms with Crippen molar-refractivity contribution in [1.29, 1.82) is 0 Å². The van der Waals surface area contributed by atoms with Gasteiger partial charge < -0.3 is 9.84 Å². The monoisotopic (exact) mass is 392 g/mol. The van der Waals surface area contributed by atoms with E-state index in [1.165, 1.54) is 84.2 Å². The average molecular weight is 393 g/mol. The van der Waals surface area contributed by atoms with Gasteiger partial charge in [0.1, 0.15) is 0 Å². The van der Waals surface area contributed by atoms with Crippen LogP contribution in [0.4, 0.5) is 0 Å². The molecule has 1 aliphatic carbocycles. The fourth-order valence-electron chi connectivity index (χ4n) is 3.71. The Kier molecular flexibility index (Phi) is 13.4. The van der Waals surface area contributed by atoms with Crippen LogP contribution in [0.3, 0.4) is 0 Å². The first-order chi connectivity index (χ1) is 13.6. The van der Waals surface area contributed by atoms with Gasteiger partial charge in [-0.3, -0.25) is 9.59 Å². The molecule has 0 heterocycles. The van der Waals surface area contributed by atoms with E-state index in [2.05, 4.69) is 6.92 Å². The van der Waals surface area contributed by atoms with Gasteiger partial charge in [0, 0.05) is 11.6 Å². The summed E-state index contributed by atoms with van der Waals surface area (Å²) in [7, 11) is 1.37. The number of aliphatic hydroxyl groups excluding tert-OH is 1. The summed E-state index contributed by atoms with van der Waals surface area (Å²) in [5, 5.41) is 9.85. The number of ether oxygens (including phenoxy) is 1. The maximum Gasteiger partial charge on any atom is 0.227 e. The molecule has 28 heavy (non-hydrogen) atoms. The normalized spacial score (nSPS) is 14.6. The number of hydrogen-bond acceptors (Lipinski definition) is 4. The maximum atomic E-state index is 12.1. The molecule has 4 nitrogen and oxygen atoms in total. The molecule has 0 aromatic carbocycles. The van der Waals surface area contributed by atoms with Crippen molar-refractivity contribution in [2.75, 3.05) is 7.11 Å². The minimum absolute atomic E-state index is 0.0266. The first-order valence-electron chi connectivity index (χ1n) is 11.4. The van der Waals surface area contributed by atoms with E-state index in [-0.39, 0.29) is 17.1 Å². The third kappa shape index (κ3) is 9.57. The number of methoxy groups -OCH3 is 1. The number of allylic oxidation sites excluding steroid dienone is 2. The van der Waals surface area contributed by atoms with E-state index in [0.717, 1.165) is 25.3 Å². The molecule has 0 unspecified atom stereocenters. The molecule has 4 heteroatoms. The van der Waals surface area contributed by atoms with Gasteiger partial charge in [0.25, 0.3) is 0 Å². The lowest BCUT2D eigenvalue weighted by Crippen LogP contribution is -2.20. The molecular weight excluding hydrogens is 352 g/mol. The minimum atomic E-state index is -0.535. The summed E-state index contributed by atoms with van der Waals surface area (Å²) in [4.78, 5) is 23.8. The molecule has 0 aromatic rings. The quantitative estimate of drug-likeness (QED) is 0.220. The van der Waals surface area contributed by atoms with Crippen molar-refractivity contribution in [3.8, 4) is 0 Å². The van der Waals surface area contributed by atoms with Crippen molar-refractivity contribution in [2.24, 2.45) is 0 Å². The molecule has 0 fully saturated rings. The van der Waals surface area contributed by atoms with Crippen LogP contribution in [0.1, 0.15) is 110 Å². The van der Waals surface area contributed by atoms with E-state index < -0.39 is 11.5 Å². The number of unbranched alkanes of at least 4 members (excludes halogenated alkanes) is 14. The molecule has 160 valence electrons. The third-order valence-electron chi connectivity index (χ3n) is 5.53. The topological polar surface area (TPSA) is 63.6 Å². The molecule has 0 aromatic heterocycles. The Morgan fingerprint density at radius 3 is 1.61 bits per heavy atom. The van der Waals surface area contributed by atoms with E-state index in [1.54, 1.807) is 0 Å². The Morgan fingerprint density at radius 2 is 1.18 bits per heavy atom. The molecule has 0 atom stereocenters. The number of rotatable bonds is 17. The number of hydrogen-bond donors (Lipinski definition) is 1. The van der Waals surface area contributed by atoms with Crippen LogP contribution in [-0.4, -0.2) is 23.8 Å². The second kappa shape index (κ2) is 15.4. The molecule has 0 amide bonds. The summed E-state index contributed by atoms with van der Waals surface area (Å²) < 4.78 is 4.93. The van der Waals surface area contributed by atoms with E-state index in [1.807, 2.05) is 0 Å². The number of carbonyl (C=O) groups is 2. The van der Waals surface area contributed by atoms with Crippen molar-refractivity contribution in [3.05, 3.63) is 23.2 Å². The molecule has 0 bridgehead atoms. The van der Waals surface area contributed by atoms with Crippen LogP contribution in [-0.2, 0) is 14.3 Å². The van der Waals surface area contributed by atoms with E-state index in [9.17, 15) is 14.7 Å². The molecule has 1 rings (SSSR count). The van der Waals surface area contributed by atoms with Crippen molar-refractivity contribution < 1.29 is 19.4 Å². The van der Waals surface area contributed by atoms with Crippen LogP contribution in [0, 0.1) is 0 Å². The maximum absolute atomic E-state index is 12.1. The van der Waals surface area contributed by atoms with Crippen molar-refractivity contribution in [3.63, 3.8) is 0 Å². The third-order valence-corrected chi connectivity index (χ3v) is 5.53. The molecule has 1 N–H and O–H groups in total. The van der Waals surface area contributed by atoms with Gasteiger partial charge in [-0.15, -0.1) is 0 Å². The second-order valence-corrected chi connectivity index (χ2v) is 7.93. The lowest BCUT2D eigenvalue weighted by Gasteiger charge is -2.14. The molecular formula is C24H40O4. The highest BCUT2D eigenvalue weighted by Gasteiger charge is 2.28. The van der Waals surface area contributed by atoms with Crippen LogP contribution in [0.2, 0.25) is 0 Å². The molecule has 0 radical (unpaired) electrons. The van der Waals surface area contributed by atoms with E-state index >= 15 is 0 Å². The lowest BCUT2D eigenvalue weighted by atomic mass is 9.94. The van der Waals surface area contributed by atoms with Crippen molar-refractivity contribution >= 4 is 11.6 Å². The predicted octanol–water partition coefficient (Wildman–Crippen LogP) is 6.74. The highest BCUT2D eigenvalue weighted by Crippen LogP contribution is 2.23. The minimum Gasteiger partial charge on any atom is -0.504 e. The summed E-state index contributed by atoms with van der Waals surface area (Å²) in [6.45, 7) is 2.26. The summed E-state index contributed by atoms with van der Waals surface area (Å²) in [6.07, 6.45) is 20.7. The fraction of sp³-hybridized carbons (Fsp3) is 0.750. The van der Waals surface area contributed by atoms with Gasteiger partial charge in [0.05, 0.1) is 7.11 Å². The Morgan fingerprint density at radius 1 is 0.750 bits per heavy atom. The highest BCUT2D eigenvalue weighted by molar-refractivity contribution is 6.20. The van der Waals surface area contributed by atoms with Crippen LogP contribution in [0.25, 0.3) is 0 Å². The predicted molar refractivity (Wildman–Crippen MR) is 114 cm³/mol. The van der Waals surface area contributed by atoms with Crippen LogP contribution in [0.5, 0.6) is 0 Å². The van der Waals surface area contributed by atoms with Gasteiger partial charge in [-0.25, -0.2) is 0 Å². The fourth-order valence-corrected chi connectivity index (χ4v) is 3.71. The van der Waals surface area contributed by atoms with Crippen LogP contribution >= 0.6 is 0 Å². The Labute approximate surface area is 171 Å². The van der Waals surface area contributed by atoms with Crippen molar-refractivity contribution in [2.45, 2.75) is 110 Å². The Bertz CT molecular complexity index is 531. The van der Waals surface area contributed by atoms with Gasteiger partial charge in [0.15, 0.2) is 11.5 Å². The summed E-state index contributed by atoms with van der Waals surface area (Å²) in [5.74, 6) is -1.27. The van der Waals surface area contributed by atoms with Gasteiger partial charge >= 0.3 is 0 Å². The first-order valence-corrected chi connectivity index (χ1v) is 11.4. The van der Waals surface area contributed by atoms with Crippen LogP contribution in [0.15, 0.2) is 23.2 Å². The zero-order chi connectivity index (χ0) is 20.6. The smallest absolute Gasteiger partial charge is 0.227 e. The SMILES string of the molecule is CCCCCCCCCCCCCCCCCC1=C(O)C(=O)C=C(OC)C1=O. The second-order valence-electron chi connectivity index (χ2n) is 7.93. The first kappa shape index (κ1) is 24.5. The van der Waals surface area contributed by atoms with Gasteiger partial charge in [-0.2, -0.15) is 0 Å². The average Bonchev–Trinajstić information content (AvgIpc) is 2.69. The molecule has 0 spiro atoms. The standard InChI is InChI=1S/C24H40O4/c1-3-4-5-6-7-8-9-10-11-12-13-14-15-16-17-18-20-23(26)21(25)19-22(28-2)24(20)27/h19,26H,3-18H2,1-2H3. The summed E-state index contributed by atoms with van der Waals surface area (Å²) in [6, 6.07) is 0. The Balaban J connectivity index is 1.97. The highest BCUT2D eigenvalue weighted by atomic mass is 16.5. The number of ketones is 2. The molecule has 1 aliphatic rings. The number of carbonyl (C=O) groups excluding carboxylic acids is 2. The van der Waals surface area contributed by atoms with Gasteiger partial charge in [-0.05, 0) is 12.8 Å². The van der Waals surface area contributed by atoms with Gasteiger partial charge in [0.2, 0.25) is 11.6 Å². The number of Topliss-reactive ketones (excluding diaryl/α,β-unsaturated/α-hetero) is 1. The Hall–Kier alpha value is -1.58. The summed E-state index contributed by atoms with van der Waals surface area (Å²) in [5.41, 5.74) is 0.207. The van der Waals surface area contributed by atoms with Crippen LogP contribution < -0.4 is 0 Å². The number of aliphatic hydroxyl groups is 1. The molecule has 0 saturated heterocycles. The van der Waals surface area contributed by atoms with Crippen molar-refractivity contribution in [1.82, 2.24) is 0 Å². The lowest BCUT2D eigenvalue weighted by molar-refractivity contribution is -0.119.